The Morgan fingerprint density at radius 3 is 2.41 bits per heavy atom. The van der Waals surface area contributed by atoms with E-state index in [1.54, 1.807) is 0 Å². The zero-order chi connectivity index (χ0) is 12.4. The first-order valence-corrected chi connectivity index (χ1v) is 5.40. The minimum absolute atomic E-state index is 0.0277. The van der Waals surface area contributed by atoms with Gasteiger partial charge in [-0.15, -0.1) is 5.23 Å². The Morgan fingerprint density at radius 2 is 1.88 bits per heavy atom. The van der Waals surface area contributed by atoms with Gasteiger partial charge in [0, 0.05) is 13.1 Å². The van der Waals surface area contributed by atoms with Gasteiger partial charge in [0.05, 0.1) is 11.3 Å². The Labute approximate surface area is 98.2 Å². The number of hydrogen-bond acceptors (Lipinski definition) is 5. The van der Waals surface area contributed by atoms with Crippen LogP contribution < -0.4 is 10.1 Å². The molecule has 0 amide bonds. The third-order valence-electron chi connectivity index (χ3n) is 2.88. The van der Waals surface area contributed by atoms with Crippen molar-refractivity contribution in [2.24, 2.45) is 0 Å². The van der Waals surface area contributed by atoms with Crippen LogP contribution in [0.15, 0.2) is 18.2 Å². The zero-order valence-corrected chi connectivity index (χ0v) is 9.20. The molecule has 1 aliphatic rings. The highest BCUT2D eigenvalue weighted by Gasteiger charge is 2.24. The summed E-state index contributed by atoms with van der Waals surface area (Å²) in [6.45, 7) is 1.45. The van der Waals surface area contributed by atoms with Crippen molar-refractivity contribution in [2.45, 2.75) is 12.8 Å². The summed E-state index contributed by atoms with van der Waals surface area (Å²) in [5.41, 5.74) is 0.534. The maximum absolute atomic E-state index is 11.1. The summed E-state index contributed by atoms with van der Waals surface area (Å²) < 4.78 is 0. The lowest BCUT2D eigenvalue weighted by Gasteiger charge is -2.24. The third-order valence-corrected chi connectivity index (χ3v) is 2.88. The van der Waals surface area contributed by atoms with E-state index in [2.05, 4.69) is 0 Å². The SMILES string of the molecule is O=C(O)c1cccc(N(O)O)c1N1CCCC1. The van der Waals surface area contributed by atoms with Gasteiger partial charge in [-0.3, -0.25) is 10.4 Å². The van der Waals surface area contributed by atoms with Gasteiger partial charge in [0.15, 0.2) is 0 Å². The summed E-state index contributed by atoms with van der Waals surface area (Å²) >= 11 is 0. The van der Waals surface area contributed by atoms with Crippen molar-refractivity contribution in [1.82, 2.24) is 0 Å². The van der Waals surface area contributed by atoms with E-state index in [0.717, 1.165) is 25.9 Å². The second-order valence-corrected chi connectivity index (χ2v) is 3.96. The lowest BCUT2D eigenvalue weighted by molar-refractivity contribution is 0.0294. The number of carboxylic acid groups (broad SMARTS) is 1. The van der Waals surface area contributed by atoms with E-state index in [-0.39, 0.29) is 16.5 Å². The van der Waals surface area contributed by atoms with Crippen molar-refractivity contribution >= 4 is 17.3 Å². The van der Waals surface area contributed by atoms with Crippen molar-refractivity contribution < 1.29 is 20.3 Å². The number of nitrogens with zero attached hydrogens (tertiary/aromatic N) is 2. The van der Waals surface area contributed by atoms with Gasteiger partial charge in [0.2, 0.25) is 0 Å². The van der Waals surface area contributed by atoms with Gasteiger partial charge in [-0.1, -0.05) is 6.07 Å². The van der Waals surface area contributed by atoms with Crippen LogP contribution >= 0.6 is 0 Å². The molecule has 0 saturated carbocycles. The Bertz CT molecular complexity index is 427. The molecule has 1 aromatic rings. The molecule has 0 radical (unpaired) electrons. The highest BCUT2D eigenvalue weighted by Crippen LogP contribution is 2.34. The second-order valence-electron chi connectivity index (χ2n) is 3.96. The topological polar surface area (TPSA) is 84.2 Å². The minimum Gasteiger partial charge on any atom is -0.478 e. The van der Waals surface area contributed by atoms with E-state index in [0.29, 0.717) is 5.69 Å². The fourth-order valence-electron chi connectivity index (χ4n) is 2.14. The number of hydrogen-bond donors (Lipinski definition) is 3. The fraction of sp³-hybridized carbons (Fsp3) is 0.364. The Morgan fingerprint density at radius 1 is 1.24 bits per heavy atom. The van der Waals surface area contributed by atoms with Crippen LogP contribution in [0.4, 0.5) is 11.4 Å². The van der Waals surface area contributed by atoms with Gasteiger partial charge < -0.3 is 10.0 Å². The highest BCUT2D eigenvalue weighted by molar-refractivity contribution is 5.98. The van der Waals surface area contributed by atoms with E-state index in [1.165, 1.54) is 18.2 Å². The predicted molar refractivity (Wildman–Crippen MR) is 60.9 cm³/mol. The van der Waals surface area contributed by atoms with Crippen molar-refractivity contribution in [3.8, 4) is 0 Å². The molecule has 0 spiro atoms. The average molecular weight is 238 g/mol. The molecule has 6 heteroatoms. The van der Waals surface area contributed by atoms with Crippen LogP contribution in [0.2, 0.25) is 0 Å². The molecule has 0 aliphatic carbocycles. The molecule has 1 heterocycles. The summed E-state index contributed by atoms with van der Waals surface area (Å²) in [7, 11) is 0. The maximum Gasteiger partial charge on any atom is 0.337 e. The molecular formula is C11H14N2O4. The summed E-state index contributed by atoms with van der Waals surface area (Å²) in [5, 5.41) is 27.4. The molecule has 0 aromatic heterocycles. The quantitative estimate of drug-likeness (QED) is 0.693. The first-order chi connectivity index (χ1) is 8.11. The van der Waals surface area contributed by atoms with Crippen molar-refractivity contribution in [1.29, 1.82) is 0 Å². The van der Waals surface area contributed by atoms with Gasteiger partial charge in [-0.2, -0.15) is 0 Å². The molecule has 92 valence electrons. The summed E-state index contributed by atoms with van der Waals surface area (Å²) in [5.74, 6) is -1.07. The second kappa shape index (κ2) is 4.60. The number of aromatic carboxylic acids is 1. The van der Waals surface area contributed by atoms with Crippen molar-refractivity contribution in [2.75, 3.05) is 23.2 Å². The monoisotopic (exact) mass is 238 g/mol. The molecule has 1 fully saturated rings. The number of para-hydroxylation sites is 1. The van der Waals surface area contributed by atoms with E-state index < -0.39 is 5.97 Å². The Balaban J connectivity index is 2.53. The lowest BCUT2D eigenvalue weighted by Crippen LogP contribution is -2.24. The van der Waals surface area contributed by atoms with Gasteiger partial charge in [0.25, 0.3) is 0 Å². The predicted octanol–water partition coefficient (Wildman–Crippen LogP) is 1.57. The maximum atomic E-state index is 11.1. The van der Waals surface area contributed by atoms with Gasteiger partial charge >= 0.3 is 5.97 Å². The van der Waals surface area contributed by atoms with Crippen LogP contribution in [0.25, 0.3) is 0 Å². The minimum atomic E-state index is -1.07. The van der Waals surface area contributed by atoms with Crippen molar-refractivity contribution in [3.63, 3.8) is 0 Å². The standard InChI is InChI=1S/C11H14N2O4/c14-11(15)8-4-3-5-9(13(16)17)10(8)12-6-1-2-7-12/h3-5,16-17H,1-2,6-7H2,(H,14,15). The molecule has 3 N–H and O–H groups in total. The molecule has 0 unspecified atom stereocenters. The summed E-state index contributed by atoms with van der Waals surface area (Å²) in [6, 6.07) is 4.42. The molecule has 0 bridgehead atoms. The highest BCUT2D eigenvalue weighted by atomic mass is 16.8. The number of carboxylic acids is 1. The molecule has 1 aliphatic heterocycles. The van der Waals surface area contributed by atoms with Gasteiger partial charge in [-0.05, 0) is 25.0 Å². The smallest absolute Gasteiger partial charge is 0.337 e. The molecule has 6 nitrogen and oxygen atoms in total. The number of benzene rings is 1. The first kappa shape index (κ1) is 11.7. The van der Waals surface area contributed by atoms with E-state index in [4.69, 9.17) is 15.5 Å². The van der Waals surface area contributed by atoms with Crippen LogP contribution in [-0.4, -0.2) is 34.6 Å². The largest absolute Gasteiger partial charge is 0.478 e. The lowest BCUT2D eigenvalue weighted by atomic mass is 10.1. The average Bonchev–Trinajstić information content (AvgIpc) is 2.80. The number of rotatable bonds is 3. The molecular weight excluding hydrogens is 224 g/mol. The summed E-state index contributed by atoms with van der Waals surface area (Å²) in [6.07, 6.45) is 1.95. The van der Waals surface area contributed by atoms with Crippen LogP contribution in [0.3, 0.4) is 0 Å². The van der Waals surface area contributed by atoms with Crippen LogP contribution in [0.5, 0.6) is 0 Å². The molecule has 1 aromatic carbocycles. The van der Waals surface area contributed by atoms with E-state index in [9.17, 15) is 4.79 Å². The van der Waals surface area contributed by atoms with Gasteiger partial charge in [-0.25, -0.2) is 4.79 Å². The van der Waals surface area contributed by atoms with Gasteiger partial charge in [0.1, 0.15) is 5.69 Å². The molecule has 2 rings (SSSR count). The third kappa shape index (κ3) is 2.17. The number of carbonyl (C=O) groups is 1. The Kier molecular flexibility index (Phi) is 3.16. The zero-order valence-electron chi connectivity index (χ0n) is 9.20. The van der Waals surface area contributed by atoms with Crippen molar-refractivity contribution in [3.05, 3.63) is 23.8 Å². The Hall–Kier alpha value is -1.79. The van der Waals surface area contributed by atoms with E-state index in [1.807, 2.05) is 4.90 Å². The van der Waals surface area contributed by atoms with E-state index >= 15 is 0 Å². The fourth-order valence-corrected chi connectivity index (χ4v) is 2.14. The molecule has 0 atom stereocenters. The number of anilines is 2. The summed E-state index contributed by atoms with van der Waals surface area (Å²) in [4.78, 5) is 13.0. The normalized spacial score (nSPS) is 15.1. The van der Waals surface area contributed by atoms with Crippen LogP contribution in [0.1, 0.15) is 23.2 Å². The molecule has 1 saturated heterocycles. The first-order valence-electron chi connectivity index (χ1n) is 5.40. The van der Waals surface area contributed by atoms with Crippen LogP contribution in [0, 0.1) is 0 Å². The molecule has 17 heavy (non-hydrogen) atoms. The van der Waals surface area contributed by atoms with Crippen LogP contribution in [-0.2, 0) is 0 Å².